The lowest BCUT2D eigenvalue weighted by Gasteiger charge is -2.20. The number of amides is 4. The molecule has 7 heteroatoms. The molecule has 142 valence electrons. The highest BCUT2D eigenvalue weighted by Crippen LogP contribution is 2.28. The summed E-state index contributed by atoms with van der Waals surface area (Å²) < 4.78 is 5.27. The van der Waals surface area contributed by atoms with Gasteiger partial charge in [0.15, 0.2) is 5.54 Å². The van der Waals surface area contributed by atoms with Gasteiger partial charge in [-0.15, -0.1) is 0 Å². The Hall–Kier alpha value is -3.09. The summed E-state index contributed by atoms with van der Waals surface area (Å²) in [5, 5.41) is 5.43. The third-order valence-corrected chi connectivity index (χ3v) is 4.86. The number of hydrogen-bond donors (Lipinski definition) is 2. The van der Waals surface area contributed by atoms with E-state index in [1.807, 2.05) is 31.2 Å². The average molecular weight is 369 g/mol. The molecular formula is C20H23N3O4. The first-order valence-electron chi connectivity index (χ1n) is 8.91. The molecule has 0 saturated carbocycles. The Kier molecular flexibility index (Phi) is 5.03. The fourth-order valence-corrected chi connectivity index (χ4v) is 3.13. The number of benzene rings is 1. The first-order chi connectivity index (χ1) is 12.8. The van der Waals surface area contributed by atoms with E-state index in [0.717, 1.165) is 16.9 Å². The van der Waals surface area contributed by atoms with E-state index < -0.39 is 23.4 Å². The summed E-state index contributed by atoms with van der Waals surface area (Å²) in [6, 6.07) is 10.4. The minimum absolute atomic E-state index is 0.236. The third kappa shape index (κ3) is 3.58. The number of urea groups is 1. The number of rotatable bonds is 6. The van der Waals surface area contributed by atoms with E-state index in [4.69, 9.17) is 4.42 Å². The molecular weight excluding hydrogens is 346 g/mol. The second-order valence-electron chi connectivity index (χ2n) is 6.81. The topological polar surface area (TPSA) is 91.7 Å². The smallest absolute Gasteiger partial charge is 0.325 e. The Labute approximate surface area is 157 Å². The quantitative estimate of drug-likeness (QED) is 0.765. The van der Waals surface area contributed by atoms with Crippen molar-refractivity contribution in [1.82, 2.24) is 15.5 Å². The Morgan fingerprint density at radius 1 is 1.26 bits per heavy atom. The van der Waals surface area contributed by atoms with Crippen molar-refractivity contribution in [2.24, 2.45) is 0 Å². The van der Waals surface area contributed by atoms with E-state index in [1.165, 1.54) is 11.8 Å². The van der Waals surface area contributed by atoms with Gasteiger partial charge in [-0.1, -0.05) is 31.2 Å². The van der Waals surface area contributed by atoms with Gasteiger partial charge in [0.25, 0.3) is 5.91 Å². The summed E-state index contributed by atoms with van der Waals surface area (Å²) in [6.07, 6.45) is 2.38. The molecule has 27 heavy (non-hydrogen) atoms. The lowest BCUT2D eigenvalue weighted by molar-refractivity contribution is -0.135. The van der Waals surface area contributed by atoms with Crippen LogP contribution in [0, 0.1) is 0 Å². The van der Waals surface area contributed by atoms with Gasteiger partial charge in [-0.25, -0.2) is 4.79 Å². The van der Waals surface area contributed by atoms with Gasteiger partial charge in [0, 0.05) is 0 Å². The molecule has 2 unspecified atom stereocenters. The summed E-state index contributed by atoms with van der Waals surface area (Å²) in [7, 11) is 0. The molecule has 1 saturated heterocycles. The van der Waals surface area contributed by atoms with Crippen molar-refractivity contribution < 1.29 is 18.8 Å². The predicted molar refractivity (Wildman–Crippen MR) is 98.7 cm³/mol. The Bertz CT molecular complexity index is 845. The normalized spacial score (nSPS) is 20.5. The summed E-state index contributed by atoms with van der Waals surface area (Å²) in [5.41, 5.74) is 0.870. The first-order valence-corrected chi connectivity index (χ1v) is 8.91. The molecule has 2 heterocycles. The molecule has 1 aromatic carbocycles. The zero-order valence-corrected chi connectivity index (χ0v) is 15.6. The van der Waals surface area contributed by atoms with Crippen LogP contribution in [0.25, 0.3) is 0 Å². The van der Waals surface area contributed by atoms with Gasteiger partial charge in [-0.3, -0.25) is 14.5 Å². The number of imide groups is 1. The zero-order chi connectivity index (χ0) is 19.6. The van der Waals surface area contributed by atoms with E-state index in [2.05, 4.69) is 17.6 Å². The minimum Gasteiger partial charge on any atom is -0.466 e. The van der Waals surface area contributed by atoms with Crippen LogP contribution in [0.4, 0.5) is 4.79 Å². The van der Waals surface area contributed by atoms with Crippen LogP contribution in [0.1, 0.15) is 43.7 Å². The summed E-state index contributed by atoms with van der Waals surface area (Å²) >= 11 is 0. The number of furan rings is 1. The van der Waals surface area contributed by atoms with Crippen LogP contribution in [0.2, 0.25) is 0 Å². The Balaban J connectivity index is 1.65. The molecule has 1 aliphatic rings. The molecule has 0 spiro atoms. The largest absolute Gasteiger partial charge is 0.466 e. The standard InChI is InChI=1S/C20H23N3O4/c1-4-14-7-9-15(10-8-14)13(2)21-17(24)12-23-18(25)20(3,22-19(23)26)16-6-5-11-27-16/h5-11,13H,4,12H2,1-3H3,(H,21,24)(H,22,26). The lowest BCUT2D eigenvalue weighted by Crippen LogP contribution is -2.43. The van der Waals surface area contributed by atoms with Gasteiger partial charge >= 0.3 is 6.03 Å². The third-order valence-electron chi connectivity index (χ3n) is 4.86. The van der Waals surface area contributed by atoms with Crippen LogP contribution < -0.4 is 10.6 Å². The molecule has 0 radical (unpaired) electrons. The zero-order valence-electron chi connectivity index (χ0n) is 15.6. The van der Waals surface area contributed by atoms with Crippen LogP contribution in [-0.4, -0.2) is 29.3 Å². The van der Waals surface area contributed by atoms with Gasteiger partial charge in [-0.2, -0.15) is 0 Å². The Morgan fingerprint density at radius 3 is 2.56 bits per heavy atom. The fraction of sp³-hybridized carbons (Fsp3) is 0.350. The summed E-state index contributed by atoms with van der Waals surface area (Å²) in [5.74, 6) is -0.597. The molecule has 1 aromatic heterocycles. The van der Waals surface area contributed by atoms with E-state index in [0.29, 0.717) is 5.76 Å². The summed E-state index contributed by atoms with van der Waals surface area (Å²) in [4.78, 5) is 38.2. The van der Waals surface area contributed by atoms with Crippen molar-refractivity contribution in [2.75, 3.05) is 6.54 Å². The van der Waals surface area contributed by atoms with Crippen molar-refractivity contribution >= 4 is 17.8 Å². The molecule has 0 aliphatic carbocycles. The highest BCUT2D eigenvalue weighted by Gasteiger charge is 2.51. The molecule has 7 nitrogen and oxygen atoms in total. The number of carbonyl (C=O) groups is 3. The number of aryl methyl sites for hydroxylation is 1. The van der Waals surface area contributed by atoms with Crippen LogP contribution in [-0.2, 0) is 21.5 Å². The SMILES string of the molecule is CCc1ccc(C(C)NC(=O)CN2C(=O)NC(C)(c3ccco3)C2=O)cc1. The molecule has 2 atom stereocenters. The van der Waals surface area contributed by atoms with E-state index in [9.17, 15) is 14.4 Å². The molecule has 1 fully saturated rings. The molecule has 4 amide bonds. The fourth-order valence-electron chi connectivity index (χ4n) is 3.13. The van der Waals surface area contributed by atoms with E-state index in [1.54, 1.807) is 19.1 Å². The van der Waals surface area contributed by atoms with Crippen molar-refractivity contribution in [1.29, 1.82) is 0 Å². The highest BCUT2D eigenvalue weighted by atomic mass is 16.3. The predicted octanol–water partition coefficient (Wildman–Crippen LogP) is 2.49. The maximum atomic E-state index is 12.7. The van der Waals surface area contributed by atoms with Gasteiger partial charge < -0.3 is 15.1 Å². The van der Waals surface area contributed by atoms with Crippen molar-refractivity contribution in [3.05, 3.63) is 59.5 Å². The van der Waals surface area contributed by atoms with Crippen molar-refractivity contribution in [3.8, 4) is 0 Å². The Morgan fingerprint density at radius 2 is 1.96 bits per heavy atom. The van der Waals surface area contributed by atoms with Crippen LogP contribution in [0.5, 0.6) is 0 Å². The van der Waals surface area contributed by atoms with Gasteiger partial charge in [0.1, 0.15) is 12.3 Å². The molecule has 0 bridgehead atoms. The first kappa shape index (κ1) is 18.7. The summed E-state index contributed by atoms with van der Waals surface area (Å²) in [6.45, 7) is 5.15. The molecule has 3 rings (SSSR count). The second-order valence-corrected chi connectivity index (χ2v) is 6.81. The second kappa shape index (κ2) is 7.26. The van der Waals surface area contributed by atoms with Gasteiger partial charge in [0.2, 0.25) is 5.91 Å². The maximum absolute atomic E-state index is 12.7. The number of carbonyl (C=O) groups excluding carboxylic acids is 3. The monoisotopic (exact) mass is 369 g/mol. The van der Waals surface area contributed by atoms with Gasteiger partial charge in [-0.05, 0) is 43.5 Å². The molecule has 2 N–H and O–H groups in total. The maximum Gasteiger partial charge on any atom is 0.325 e. The van der Waals surface area contributed by atoms with E-state index in [-0.39, 0.29) is 12.6 Å². The van der Waals surface area contributed by atoms with Crippen LogP contribution in [0.15, 0.2) is 47.1 Å². The average Bonchev–Trinajstić information content (AvgIpc) is 3.26. The van der Waals surface area contributed by atoms with Gasteiger partial charge in [0.05, 0.1) is 12.3 Å². The number of hydrogen-bond acceptors (Lipinski definition) is 4. The van der Waals surface area contributed by atoms with Crippen molar-refractivity contribution in [3.63, 3.8) is 0 Å². The number of nitrogens with one attached hydrogen (secondary N) is 2. The van der Waals surface area contributed by atoms with Crippen LogP contribution in [0.3, 0.4) is 0 Å². The van der Waals surface area contributed by atoms with Crippen LogP contribution >= 0.6 is 0 Å². The molecule has 2 aromatic rings. The van der Waals surface area contributed by atoms with E-state index >= 15 is 0 Å². The molecule has 1 aliphatic heterocycles. The highest BCUT2D eigenvalue weighted by molar-refractivity contribution is 6.08. The minimum atomic E-state index is -1.30. The number of nitrogens with zero attached hydrogens (tertiary/aromatic N) is 1. The lowest BCUT2D eigenvalue weighted by atomic mass is 9.99. The van der Waals surface area contributed by atoms with Crippen molar-refractivity contribution in [2.45, 2.75) is 38.8 Å².